The molecular formula is C19H22N4O3. The van der Waals surface area contributed by atoms with Crippen LogP contribution in [-0.2, 0) is 6.54 Å². The molecular weight excluding hydrogens is 332 g/mol. The first kappa shape index (κ1) is 17.0. The Balaban J connectivity index is 1.62. The highest BCUT2D eigenvalue weighted by Crippen LogP contribution is 2.36. The molecule has 4 N–H and O–H groups in total. The zero-order chi connectivity index (χ0) is 18.3. The highest BCUT2D eigenvalue weighted by Gasteiger charge is 2.44. The van der Waals surface area contributed by atoms with Crippen molar-refractivity contribution in [3.63, 3.8) is 0 Å². The standard InChI is InChI=1S/C19H22N4O3/c1-11-13-6-7-23(19(13)22-10-21-11)14-8-16(18(25)17(14)24)26-15-5-3-2-4-12(15)9-20/h2-7,10,14,16-18,24-25H,8-9,20H2,1H3/t14?,16?,17-,18+/m0/s1. The van der Waals surface area contributed by atoms with E-state index in [0.717, 1.165) is 22.3 Å². The lowest BCUT2D eigenvalue weighted by Crippen LogP contribution is -2.34. The van der Waals surface area contributed by atoms with Gasteiger partial charge in [0, 0.05) is 30.1 Å². The van der Waals surface area contributed by atoms with E-state index < -0.39 is 18.3 Å². The van der Waals surface area contributed by atoms with Gasteiger partial charge in [-0.1, -0.05) is 18.2 Å². The van der Waals surface area contributed by atoms with Crippen LogP contribution in [0.1, 0.15) is 23.7 Å². The summed E-state index contributed by atoms with van der Waals surface area (Å²) in [7, 11) is 0. The number of aryl methyl sites for hydroxylation is 1. The van der Waals surface area contributed by atoms with Gasteiger partial charge in [-0.05, 0) is 19.1 Å². The highest BCUT2D eigenvalue weighted by molar-refractivity contribution is 5.78. The zero-order valence-electron chi connectivity index (χ0n) is 14.5. The third kappa shape index (κ3) is 2.74. The fraction of sp³-hybridized carbons (Fsp3) is 0.368. The molecule has 7 heteroatoms. The number of aliphatic hydroxyl groups is 2. The van der Waals surface area contributed by atoms with Gasteiger partial charge in [0.05, 0.1) is 11.7 Å². The molecule has 26 heavy (non-hydrogen) atoms. The number of benzene rings is 1. The number of nitrogens with zero attached hydrogens (tertiary/aromatic N) is 3. The molecule has 1 aliphatic rings. The van der Waals surface area contributed by atoms with Crippen molar-refractivity contribution in [1.29, 1.82) is 0 Å². The van der Waals surface area contributed by atoms with Gasteiger partial charge in [-0.25, -0.2) is 9.97 Å². The Hall–Kier alpha value is -2.48. The smallest absolute Gasteiger partial charge is 0.143 e. The van der Waals surface area contributed by atoms with E-state index in [4.69, 9.17) is 10.5 Å². The van der Waals surface area contributed by atoms with E-state index >= 15 is 0 Å². The van der Waals surface area contributed by atoms with Crippen LogP contribution < -0.4 is 10.5 Å². The second-order valence-corrected chi connectivity index (χ2v) is 6.67. The third-order valence-electron chi connectivity index (χ3n) is 5.14. The van der Waals surface area contributed by atoms with Crippen LogP contribution in [0.5, 0.6) is 5.75 Å². The number of para-hydroxylation sites is 1. The number of nitrogens with two attached hydrogens (primary N) is 1. The number of ether oxygens (including phenoxy) is 1. The van der Waals surface area contributed by atoms with Crippen molar-refractivity contribution in [3.8, 4) is 5.75 Å². The van der Waals surface area contributed by atoms with E-state index in [2.05, 4.69) is 9.97 Å². The average molecular weight is 354 g/mol. The van der Waals surface area contributed by atoms with Crippen LogP contribution in [0.25, 0.3) is 11.0 Å². The molecule has 136 valence electrons. The van der Waals surface area contributed by atoms with Crippen LogP contribution >= 0.6 is 0 Å². The number of fused-ring (bicyclic) bond motifs is 1. The lowest BCUT2D eigenvalue weighted by Gasteiger charge is -2.20. The Labute approximate surface area is 151 Å². The summed E-state index contributed by atoms with van der Waals surface area (Å²) in [5.74, 6) is 0.641. The summed E-state index contributed by atoms with van der Waals surface area (Å²) < 4.78 is 7.91. The molecule has 1 saturated carbocycles. The summed E-state index contributed by atoms with van der Waals surface area (Å²) in [5.41, 5.74) is 8.25. The molecule has 1 aliphatic carbocycles. The number of aromatic nitrogens is 3. The molecule has 1 fully saturated rings. The quantitative estimate of drug-likeness (QED) is 0.652. The topological polar surface area (TPSA) is 106 Å². The molecule has 0 aliphatic heterocycles. The molecule has 4 rings (SSSR count). The van der Waals surface area contributed by atoms with E-state index in [1.165, 1.54) is 6.33 Å². The van der Waals surface area contributed by atoms with Crippen molar-refractivity contribution in [1.82, 2.24) is 14.5 Å². The maximum absolute atomic E-state index is 10.6. The Morgan fingerprint density at radius 3 is 2.81 bits per heavy atom. The molecule has 0 spiro atoms. The summed E-state index contributed by atoms with van der Waals surface area (Å²) in [6, 6.07) is 9.09. The van der Waals surface area contributed by atoms with Crippen molar-refractivity contribution in [2.45, 2.75) is 44.2 Å². The number of rotatable bonds is 4. The van der Waals surface area contributed by atoms with Crippen LogP contribution in [0.15, 0.2) is 42.9 Å². The second kappa shape index (κ2) is 6.68. The van der Waals surface area contributed by atoms with Gasteiger partial charge in [-0.3, -0.25) is 0 Å². The maximum atomic E-state index is 10.6. The molecule has 3 aromatic rings. The fourth-order valence-corrected chi connectivity index (χ4v) is 3.68. The largest absolute Gasteiger partial charge is 0.487 e. The van der Waals surface area contributed by atoms with Gasteiger partial charge in [0.1, 0.15) is 36.0 Å². The number of hydrogen-bond acceptors (Lipinski definition) is 6. The summed E-state index contributed by atoms with van der Waals surface area (Å²) in [4.78, 5) is 8.54. The SMILES string of the molecule is Cc1ncnc2c1ccn2C1CC(Oc2ccccc2CN)[C@@H](O)[C@H]1O. The molecule has 0 radical (unpaired) electrons. The molecule has 2 unspecified atom stereocenters. The lowest BCUT2D eigenvalue weighted by atomic mass is 10.2. The third-order valence-corrected chi connectivity index (χ3v) is 5.14. The van der Waals surface area contributed by atoms with Gasteiger partial charge in [0.25, 0.3) is 0 Å². The zero-order valence-corrected chi connectivity index (χ0v) is 14.5. The van der Waals surface area contributed by atoms with Crippen LogP contribution in [0.2, 0.25) is 0 Å². The molecule has 7 nitrogen and oxygen atoms in total. The predicted molar refractivity (Wildman–Crippen MR) is 96.7 cm³/mol. The van der Waals surface area contributed by atoms with Gasteiger partial charge >= 0.3 is 0 Å². The van der Waals surface area contributed by atoms with E-state index in [1.54, 1.807) is 0 Å². The monoisotopic (exact) mass is 354 g/mol. The van der Waals surface area contributed by atoms with Crippen LogP contribution in [0.3, 0.4) is 0 Å². The average Bonchev–Trinajstić information content (AvgIpc) is 3.20. The summed E-state index contributed by atoms with van der Waals surface area (Å²) in [6.45, 7) is 2.27. The Morgan fingerprint density at radius 2 is 2.00 bits per heavy atom. The van der Waals surface area contributed by atoms with Crippen molar-refractivity contribution in [3.05, 3.63) is 54.1 Å². The van der Waals surface area contributed by atoms with Gasteiger partial charge in [-0.15, -0.1) is 0 Å². The first-order valence-corrected chi connectivity index (χ1v) is 8.69. The fourth-order valence-electron chi connectivity index (χ4n) is 3.68. The van der Waals surface area contributed by atoms with Crippen molar-refractivity contribution in [2.24, 2.45) is 5.73 Å². The Kier molecular flexibility index (Phi) is 4.36. The van der Waals surface area contributed by atoms with E-state index in [-0.39, 0.29) is 6.04 Å². The van der Waals surface area contributed by atoms with Gasteiger partial charge < -0.3 is 25.3 Å². The molecule has 2 aromatic heterocycles. The number of aliphatic hydroxyl groups excluding tert-OH is 2. The van der Waals surface area contributed by atoms with Crippen molar-refractivity contribution < 1.29 is 14.9 Å². The lowest BCUT2D eigenvalue weighted by molar-refractivity contribution is -0.0165. The summed E-state index contributed by atoms with van der Waals surface area (Å²) in [6.07, 6.45) is 1.39. The van der Waals surface area contributed by atoms with Gasteiger partial charge in [0.2, 0.25) is 0 Å². The molecule has 0 saturated heterocycles. The van der Waals surface area contributed by atoms with Crippen LogP contribution in [0, 0.1) is 6.92 Å². The van der Waals surface area contributed by atoms with Crippen LogP contribution in [-0.4, -0.2) is 43.1 Å². The molecule has 2 heterocycles. The summed E-state index contributed by atoms with van der Waals surface area (Å²) in [5, 5.41) is 22.1. The van der Waals surface area contributed by atoms with Gasteiger partial charge in [0.15, 0.2) is 0 Å². The minimum Gasteiger partial charge on any atom is -0.487 e. The number of hydrogen-bond donors (Lipinski definition) is 3. The maximum Gasteiger partial charge on any atom is 0.143 e. The first-order valence-electron chi connectivity index (χ1n) is 8.69. The van der Waals surface area contributed by atoms with Gasteiger partial charge in [-0.2, -0.15) is 0 Å². The first-order chi connectivity index (χ1) is 12.6. The highest BCUT2D eigenvalue weighted by atomic mass is 16.5. The molecule has 1 aromatic carbocycles. The van der Waals surface area contributed by atoms with Crippen molar-refractivity contribution >= 4 is 11.0 Å². The minimum absolute atomic E-state index is 0.327. The minimum atomic E-state index is -0.994. The van der Waals surface area contributed by atoms with Crippen LogP contribution in [0.4, 0.5) is 0 Å². The van der Waals surface area contributed by atoms with Crippen molar-refractivity contribution in [2.75, 3.05) is 0 Å². The Morgan fingerprint density at radius 1 is 1.19 bits per heavy atom. The molecule has 4 atom stereocenters. The normalized spacial score (nSPS) is 25.7. The van der Waals surface area contributed by atoms with E-state index in [1.807, 2.05) is 48.0 Å². The summed E-state index contributed by atoms with van der Waals surface area (Å²) >= 11 is 0. The van der Waals surface area contributed by atoms with E-state index in [0.29, 0.717) is 18.7 Å². The molecule has 0 bridgehead atoms. The second-order valence-electron chi connectivity index (χ2n) is 6.67. The predicted octanol–water partition coefficient (Wildman–Crippen LogP) is 1.31. The Bertz CT molecular complexity index is 926. The van der Waals surface area contributed by atoms with E-state index in [9.17, 15) is 10.2 Å². The molecule has 0 amide bonds.